The highest BCUT2D eigenvalue weighted by Gasteiger charge is 2.57. The van der Waals surface area contributed by atoms with Gasteiger partial charge in [-0.3, -0.25) is 4.79 Å². The highest BCUT2D eigenvalue weighted by molar-refractivity contribution is 7.13. The van der Waals surface area contributed by atoms with Gasteiger partial charge < -0.3 is 9.80 Å². The van der Waals surface area contributed by atoms with E-state index in [1.165, 1.54) is 0 Å². The zero-order chi connectivity index (χ0) is 15.9. The first-order valence-electron chi connectivity index (χ1n) is 7.68. The summed E-state index contributed by atoms with van der Waals surface area (Å²) in [7, 11) is 0. The summed E-state index contributed by atoms with van der Waals surface area (Å²) in [5.41, 5.74) is 0.683. The number of nitrogens with zero attached hydrogens (tertiary/aromatic N) is 3. The van der Waals surface area contributed by atoms with Crippen LogP contribution in [-0.2, 0) is 4.79 Å². The molecule has 0 radical (unpaired) electrons. The molecule has 0 N–H and O–H groups in total. The van der Waals surface area contributed by atoms with Crippen LogP contribution in [0.5, 0.6) is 0 Å². The predicted molar refractivity (Wildman–Crippen MR) is 92.7 cm³/mol. The van der Waals surface area contributed by atoms with E-state index in [1.807, 2.05) is 23.6 Å². The van der Waals surface area contributed by atoms with Crippen LogP contribution in [-0.4, -0.2) is 36.9 Å². The minimum Gasteiger partial charge on any atom is -0.370 e. The van der Waals surface area contributed by atoms with Crippen molar-refractivity contribution < 1.29 is 4.79 Å². The minimum absolute atomic E-state index is 0.0695. The number of fused-ring (bicyclic) bond motifs is 1. The van der Waals surface area contributed by atoms with E-state index in [0.29, 0.717) is 13.1 Å². The fourth-order valence-electron chi connectivity index (χ4n) is 3.88. The molecule has 4 nitrogen and oxygen atoms in total. The Morgan fingerprint density at radius 1 is 1.26 bits per heavy atom. The third kappa shape index (κ3) is 2.22. The Hall–Kier alpha value is -2.32. The second-order valence-electron chi connectivity index (χ2n) is 6.24. The molecular weight excluding hydrogens is 306 g/mol. The van der Waals surface area contributed by atoms with Gasteiger partial charge in [-0.05, 0) is 18.1 Å². The van der Waals surface area contributed by atoms with Crippen LogP contribution >= 0.6 is 11.3 Å². The molecule has 2 fully saturated rings. The first kappa shape index (κ1) is 14.3. The first-order valence-corrected chi connectivity index (χ1v) is 8.56. The van der Waals surface area contributed by atoms with Gasteiger partial charge in [0.25, 0.3) is 0 Å². The lowest BCUT2D eigenvalue weighted by molar-refractivity contribution is -0.122. The Balaban J connectivity index is 1.64. The molecule has 2 aliphatic rings. The van der Waals surface area contributed by atoms with Crippen molar-refractivity contribution >= 4 is 27.9 Å². The number of hydrogen-bond donors (Lipinski definition) is 0. The number of benzene rings is 1. The van der Waals surface area contributed by atoms with E-state index in [9.17, 15) is 4.79 Å². The Kier molecular flexibility index (Phi) is 3.35. The molecule has 2 aliphatic heterocycles. The molecule has 0 amide bonds. The van der Waals surface area contributed by atoms with Gasteiger partial charge in [-0.25, -0.2) is 4.98 Å². The van der Waals surface area contributed by atoms with Gasteiger partial charge in [-0.2, -0.15) is 0 Å². The van der Waals surface area contributed by atoms with E-state index in [4.69, 9.17) is 6.42 Å². The number of anilines is 2. The van der Waals surface area contributed by atoms with Crippen LogP contribution < -0.4 is 9.80 Å². The molecule has 2 unspecified atom stereocenters. The molecule has 2 aromatic rings. The second-order valence-corrected chi connectivity index (χ2v) is 7.11. The van der Waals surface area contributed by atoms with Gasteiger partial charge in [-0.15, -0.1) is 17.8 Å². The first-order chi connectivity index (χ1) is 11.2. The number of hydrogen-bond acceptors (Lipinski definition) is 5. The molecule has 0 saturated carbocycles. The van der Waals surface area contributed by atoms with Gasteiger partial charge in [0.1, 0.15) is 0 Å². The average Bonchev–Trinajstić information content (AvgIpc) is 3.28. The number of thiazole rings is 1. The van der Waals surface area contributed by atoms with Gasteiger partial charge in [0.15, 0.2) is 5.13 Å². The number of carbonyl (C=O) groups excluding carboxylic acids is 1. The molecule has 1 aromatic carbocycles. The molecule has 116 valence electrons. The van der Waals surface area contributed by atoms with Crippen LogP contribution in [0.25, 0.3) is 0 Å². The van der Waals surface area contributed by atoms with Crippen molar-refractivity contribution in [1.82, 2.24) is 4.98 Å². The van der Waals surface area contributed by atoms with Gasteiger partial charge in [0.05, 0.1) is 5.41 Å². The lowest BCUT2D eigenvalue weighted by Crippen LogP contribution is -2.40. The summed E-state index contributed by atoms with van der Waals surface area (Å²) in [4.78, 5) is 21.5. The van der Waals surface area contributed by atoms with Crippen molar-refractivity contribution in [3.63, 3.8) is 0 Å². The minimum atomic E-state index is -0.476. The fourth-order valence-corrected chi connectivity index (χ4v) is 4.54. The maximum atomic E-state index is 12.6. The summed E-state index contributed by atoms with van der Waals surface area (Å²) < 4.78 is 0. The number of para-hydroxylation sites is 1. The zero-order valence-electron chi connectivity index (χ0n) is 12.7. The maximum Gasteiger partial charge on any atom is 0.215 e. The Morgan fingerprint density at radius 2 is 2.00 bits per heavy atom. The summed E-state index contributed by atoms with van der Waals surface area (Å²) in [6.07, 6.45) is 7.31. The van der Waals surface area contributed by atoms with Crippen molar-refractivity contribution in [1.29, 1.82) is 0 Å². The third-order valence-electron chi connectivity index (χ3n) is 5.00. The van der Waals surface area contributed by atoms with Crippen LogP contribution in [0.4, 0.5) is 10.8 Å². The Morgan fingerprint density at radius 3 is 2.70 bits per heavy atom. The van der Waals surface area contributed by atoms with Crippen molar-refractivity contribution in [2.75, 3.05) is 36.0 Å². The Bertz CT molecular complexity index is 752. The van der Waals surface area contributed by atoms with E-state index >= 15 is 0 Å². The van der Waals surface area contributed by atoms with Gasteiger partial charge in [0, 0.05) is 49.4 Å². The monoisotopic (exact) mass is 323 g/mol. The number of Topliss-reactive ketones (excluding diaryl/α,β-unsaturated/α-hetero) is 1. The lowest BCUT2D eigenvalue weighted by atomic mass is 9.77. The number of aromatic nitrogens is 1. The molecular formula is C18H17N3OS. The van der Waals surface area contributed by atoms with Crippen molar-refractivity contribution in [3.8, 4) is 12.3 Å². The SMILES string of the molecule is C#CC(=O)C12CN(c3ccccc3)CC1CN(c1nccs1)C2. The van der Waals surface area contributed by atoms with E-state index in [0.717, 1.165) is 23.9 Å². The average molecular weight is 323 g/mol. The summed E-state index contributed by atoms with van der Waals surface area (Å²) in [5.74, 6) is 2.57. The van der Waals surface area contributed by atoms with E-state index in [2.05, 4.69) is 32.8 Å². The highest BCUT2D eigenvalue weighted by atomic mass is 32.1. The molecule has 0 aliphatic carbocycles. The molecule has 0 bridgehead atoms. The van der Waals surface area contributed by atoms with Crippen molar-refractivity contribution in [2.45, 2.75) is 0 Å². The number of rotatable bonds is 3. The molecule has 3 heterocycles. The summed E-state index contributed by atoms with van der Waals surface area (Å²) in [6.45, 7) is 3.05. The van der Waals surface area contributed by atoms with Crippen LogP contribution in [0, 0.1) is 23.7 Å². The number of carbonyl (C=O) groups is 1. The van der Waals surface area contributed by atoms with Gasteiger partial charge >= 0.3 is 0 Å². The van der Waals surface area contributed by atoms with Gasteiger partial charge in [-0.1, -0.05) is 18.2 Å². The highest BCUT2D eigenvalue weighted by Crippen LogP contribution is 2.46. The van der Waals surface area contributed by atoms with E-state index < -0.39 is 5.41 Å². The predicted octanol–water partition coefficient (Wildman–Crippen LogP) is 2.29. The number of terminal acetylenes is 1. The van der Waals surface area contributed by atoms with Crippen LogP contribution in [0.1, 0.15) is 0 Å². The molecule has 1 aromatic heterocycles. The van der Waals surface area contributed by atoms with Crippen molar-refractivity contribution in [3.05, 3.63) is 41.9 Å². The molecule has 4 rings (SSSR count). The largest absolute Gasteiger partial charge is 0.370 e. The quantitative estimate of drug-likeness (QED) is 0.641. The standard InChI is InChI=1S/C18H17N3OS/c1-2-16(22)18-12-20(15-6-4-3-5-7-15)10-14(18)11-21(13-18)17-19-8-9-23-17/h1,3-9,14H,10-13H2. The molecule has 0 spiro atoms. The fraction of sp³-hybridized carbons (Fsp3) is 0.333. The summed E-state index contributed by atoms with van der Waals surface area (Å²) in [6, 6.07) is 10.2. The zero-order valence-corrected chi connectivity index (χ0v) is 13.5. The second kappa shape index (κ2) is 5.39. The topological polar surface area (TPSA) is 36.4 Å². The molecule has 5 heteroatoms. The van der Waals surface area contributed by atoms with E-state index in [1.54, 1.807) is 17.5 Å². The smallest absolute Gasteiger partial charge is 0.215 e. The molecule has 2 atom stereocenters. The van der Waals surface area contributed by atoms with Gasteiger partial charge in [0.2, 0.25) is 5.78 Å². The van der Waals surface area contributed by atoms with E-state index in [-0.39, 0.29) is 11.7 Å². The lowest BCUT2D eigenvalue weighted by Gasteiger charge is -2.27. The summed E-state index contributed by atoms with van der Waals surface area (Å²) >= 11 is 1.61. The van der Waals surface area contributed by atoms with Crippen molar-refractivity contribution in [2.24, 2.45) is 11.3 Å². The Labute approximate surface area is 139 Å². The van der Waals surface area contributed by atoms with Crippen LogP contribution in [0.15, 0.2) is 41.9 Å². The maximum absolute atomic E-state index is 12.6. The number of ketones is 1. The molecule has 2 saturated heterocycles. The van der Waals surface area contributed by atoms with Crippen LogP contribution in [0.2, 0.25) is 0 Å². The van der Waals surface area contributed by atoms with Crippen LogP contribution in [0.3, 0.4) is 0 Å². The molecule has 23 heavy (non-hydrogen) atoms. The third-order valence-corrected chi connectivity index (χ3v) is 5.84. The summed E-state index contributed by atoms with van der Waals surface area (Å²) in [5, 5.41) is 2.95. The normalized spacial score (nSPS) is 26.1.